The van der Waals surface area contributed by atoms with Gasteiger partial charge in [-0.25, -0.2) is 0 Å². The summed E-state index contributed by atoms with van der Waals surface area (Å²) in [6.45, 7) is 0. The molecule has 1 aliphatic heterocycles. The van der Waals surface area contributed by atoms with Crippen LogP contribution in [0.2, 0.25) is 0 Å². The predicted molar refractivity (Wildman–Crippen MR) is 79.3 cm³/mol. The molecular weight excluding hydrogens is 286 g/mol. The van der Waals surface area contributed by atoms with Crippen LogP contribution in [0.1, 0.15) is 31.2 Å². The van der Waals surface area contributed by atoms with Crippen molar-refractivity contribution in [1.29, 1.82) is 0 Å². The zero-order chi connectivity index (χ0) is 16.2. The number of hydrogen-bond donors (Lipinski definition) is 2. The molecule has 1 aliphatic rings. The van der Waals surface area contributed by atoms with Gasteiger partial charge in [0.1, 0.15) is 0 Å². The molecule has 1 aromatic carbocycles. The van der Waals surface area contributed by atoms with Crippen molar-refractivity contribution >= 4 is 23.5 Å². The molecule has 0 radical (unpaired) electrons. The number of carboxylic acids is 1. The molecule has 0 saturated heterocycles. The Balaban J connectivity index is 2.25. The molecule has 22 heavy (non-hydrogen) atoms. The van der Waals surface area contributed by atoms with Crippen molar-refractivity contribution in [3.05, 3.63) is 29.8 Å². The second-order valence-electron chi connectivity index (χ2n) is 5.57. The molecule has 0 bridgehead atoms. The molecule has 1 amide bonds. The van der Waals surface area contributed by atoms with E-state index in [0.717, 1.165) is 11.3 Å². The molecule has 1 aromatic rings. The van der Waals surface area contributed by atoms with Gasteiger partial charge in [-0.2, -0.15) is 0 Å². The molecule has 0 fully saturated rings. The van der Waals surface area contributed by atoms with Gasteiger partial charge in [0.25, 0.3) is 0 Å². The third-order valence-electron chi connectivity index (χ3n) is 4.03. The molecule has 2 N–H and O–H groups in total. The highest BCUT2D eigenvalue weighted by molar-refractivity contribution is 6.00. The summed E-state index contributed by atoms with van der Waals surface area (Å²) in [5.41, 5.74) is 0.740. The Bertz CT molecular complexity index is 598. The lowest BCUT2D eigenvalue weighted by molar-refractivity contribution is -0.147. The van der Waals surface area contributed by atoms with Crippen molar-refractivity contribution in [3.8, 4) is 0 Å². The highest BCUT2D eigenvalue weighted by Crippen LogP contribution is 2.40. The lowest BCUT2D eigenvalue weighted by atomic mass is 9.71. The van der Waals surface area contributed by atoms with E-state index in [1.165, 1.54) is 7.11 Å². The number of ether oxygens (including phenoxy) is 1. The van der Waals surface area contributed by atoms with Crippen LogP contribution in [-0.4, -0.2) is 30.1 Å². The lowest BCUT2D eigenvalue weighted by Gasteiger charge is -2.36. The molecule has 2 rings (SSSR count). The number of amides is 1. The van der Waals surface area contributed by atoms with Crippen LogP contribution in [-0.2, 0) is 25.5 Å². The average Bonchev–Trinajstić information content (AvgIpc) is 2.47. The van der Waals surface area contributed by atoms with Gasteiger partial charge in [-0.3, -0.25) is 14.4 Å². The van der Waals surface area contributed by atoms with Gasteiger partial charge >= 0.3 is 11.9 Å². The van der Waals surface area contributed by atoms with E-state index in [2.05, 4.69) is 5.32 Å². The number of aliphatic carboxylic acids is 1. The van der Waals surface area contributed by atoms with Gasteiger partial charge < -0.3 is 15.2 Å². The molecule has 6 nitrogen and oxygen atoms in total. The quantitative estimate of drug-likeness (QED) is 0.784. The van der Waals surface area contributed by atoms with Gasteiger partial charge in [0.05, 0.1) is 18.9 Å². The predicted octanol–water partition coefficient (Wildman–Crippen LogP) is 1.99. The minimum atomic E-state index is -0.948. The molecule has 118 valence electrons. The first-order valence-corrected chi connectivity index (χ1v) is 7.15. The summed E-state index contributed by atoms with van der Waals surface area (Å²) in [5.74, 6) is -1.63. The molecule has 1 heterocycles. The average molecular weight is 305 g/mol. The number of carboxylic acid groups (broad SMARTS) is 1. The zero-order valence-electron chi connectivity index (χ0n) is 12.4. The van der Waals surface area contributed by atoms with E-state index in [1.807, 2.05) is 24.3 Å². The Kier molecular flexibility index (Phi) is 4.80. The van der Waals surface area contributed by atoms with Crippen LogP contribution in [0.25, 0.3) is 0 Å². The number of para-hydroxylation sites is 1. The molecule has 6 heteroatoms. The highest BCUT2D eigenvalue weighted by Gasteiger charge is 2.43. The van der Waals surface area contributed by atoms with Crippen molar-refractivity contribution in [2.45, 2.75) is 32.1 Å². The van der Waals surface area contributed by atoms with Crippen LogP contribution in [0.3, 0.4) is 0 Å². The number of fused-ring (bicyclic) bond motifs is 1. The van der Waals surface area contributed by atoms with Crippen LogP contribution in [0.5, 0.6) is 0 Å². The Morgan fingerprint density at radius 3 is 2.77 bits per heavy atom. The molecule has 0 aromatic heterocycles. The number of carbonyl (C=O) groups is 3. The molecule has 1 unspecified atom stereocenters. The number of nitrogens with one attached hydrogen (secondary N) is 1. The maximum absolute atomic E-state index is 12.5. The molecule has 1 atom stereocenters. The Labute approximate surface area is 128 Å². The van der Waals surface area contributed by atoms with Gasteiger partial charge in [0, 0.05) is 12.1 Å². The fourth-order valence-electron chi connectivity index (χ4n) is 2.86. The summed E-state index contributed by atoms with van der Waals surface area (Å²) in [6.07, 6.45) is 0.987. The van der Waals surface area contributed by atoms with Crippen molar-refractivity contribution in [3.63, 3.8) is 0 Å². The van der Waals surface area contributed by atoms with Crippen LogP contribution in [0.4, 0.5) is 5.69 Å². The Hall–Kier alpha value is -2.37. The normalized spacial score (nSPS) is 20.0. The summed E-state index contributed by atoms with van der Waals surface area (Å²) in [6, 6.07) is 7.41. The first kappa shape index (κ1) is 16.0. The van der Waals surface area contributed by atoms with Crippen molar-refractivity contribution in [1.82, 2.24) is 0 Å². The summed E-state index contributed by atoms with van der Waals surface area (Å²) < 4.78 is 4.71. The summed E-state index contributed by atoms with van der Waals surface area (Å²) >= 11 is 0. The van der Waals surface area contributed by atoms with E-state index in [9.17, 15) is 14.4 Å². The Morgan fingerprint density at radius 2 is 2.09 bits per heavy atom. The Morgan fingerprint density at radius 1 is 1.36 bits per heavy atom. The largest absolute Gasteiger partial charge is 0.481 e. The van der Waals surface area contributed by atoms with E-state index in [1.54, 1.807) is 0 Å². The van der Waals surface area contributed by atoms with E-state index in [0.29, 0.717) is 19.3 Å². The SMILES string of the molecule is COC(=O)CC1(CCCC(=O)O)Cc2ccccc2NC1=O. The second-order valence-corrected chi connectivity index (χ2v) is 5.57. The van der Waals surface area contributed by atoms with Gasteiger partial charge in [0.15, 0.2) is 0 Å². The topological polar surface area (TPSA) is 92.7 Å². The summed E-state index contributed by atoms with van der Waals surface area (Å²) in [7, 11) is 1.28. The fraction of sp³-hybridized carbons (Fsp3) is 0.438. The van der Waals surface area contributed by atoms with Gasteiger partial charge in [-0.15, -0.1) is 0 Å². The first-order chi connectivity index (χ1) is 10.5. The first-order valence-electron chi connectivity index (χ1n) is 7.15. The maximum atomic E-state index is 12.5. The van der Waals surface area contributed by atoms with Crippen LogP contribution < -0.4 is 5.32 Å². The van der Waals surface area contributed by atoms with Crippen molar-refractivity contribution in [2.75, 3.05) is 12.4 Å². The minimum Gasteiger partial charge on any atom is -0.481 e. The van der Waals surface area contributed by atoms with Crippen molar-refractivity contribution < 1.29 is 24.2 Å². The van der Waals surface area contributed by atoms with Gasteiger partial charge in [-0.05, 0) is 30.9 Å². The van der Waals surface area contributed by atoms with E-state index < -0.39 is 17.4 Å². The van der Waals surface area contributed by atoms with Crippen LogP contribution in [0, 0.1) is 5.41 Å². The van der Waals surface area contributed by atoms with E-state index in [4.69, 9.17) is 9.84 Å². The summed E-state index contributed by atoms with van der Waals surface area (Å²) in [4.78, 5) is 35.0. The molecule has 0 spiro atoms. The van der Waals surface area contributed by atoms with Gasteiger partial charge in [-0.1, -0.05) is 18.2 Å². The number of hydrogen-bond acceptors (Lipinski definition) is 4. The minimum absolute atomic E-state index is 0.0299. The monoisotopic (exact) mass is 305 g/mol. The second kappa shape index (κ2) is 6.60. The standard InChI is InChI=1S/C16H19NO5/c1-22-14(20)10-16(8-4-7-13(18)19)9-11-5-2-3-6-12(11)17-15(16)21/h2-3,5-6H,4,7-10H2,1H3,(H,17,21)(H,18,19). The lowest BCUT2D eigenvalue weighted by Crippen LogP contribution is -2.43. The number of methoxy groups -OCH3 is 1. The third-order valence-corrected chi connectivity index (χ3v) is 4.03. The summed E-state index contributed by atoms with van der Waals surface area (Å²) in [5, 5.41) is 11.6. The van der Waals surface area contributed by atoms with E-state index >= 15 is 0 Å². The zero-order valence-corrected chi connectivity index (χ0v) is 12.4. The highest BCUT2D eigenvalue weighted by atomic mass is 16.5. The molecule has 0 saturated carbocycles. The maximum Gasteiger partial charge on any atom is 0.306 e. The van der Waals surface area contributed by atoms with E-state index in [-0.39, 0.29) is 18.7 Å². The number of carbonyl (C=O) groups excluding carboxylic acids is 2. The smallest absolute Gasteiger partial charge is 0.306 e. The van der Waals surface area contributed by atoms with Crippen LogP contribution >= 0.6 is 0 Å². The third kappa shape index (κ3) is 3.44. The number of anilines is 1. The van der Waals surface area contributed by atoms with Gasteiger partial charge in [0.2, 0.25) is 5.91 Å². The van der Waals surface area contributed by atoms with Crippen molar-refractivity contribution in [2.24, 2.45) is 5.41 Å². The molecular formula is C16H19NO5. The number of rotatable bonds is 6. The number of benzene rings is 1. The van der Waals surface area contributed by atoms with Crippen LogP contribution in [0.15, 0.2) is 24.3 Å². The number of esters is 1. The fourth-order valence-corrected chi connectivity index (χ4v) is 2.86. The molecule has 0 aliphatic carbocycles.